The summed E-state index contributed by atoms with van der Waals surface area (Å²) >= 11 is 6.01. The smallest absolute Gasteiger partial charge is 0.303 e. The average molecular weight is 477 g/mol. The summed E-state index contributed by atoms with van der Waals surface area (Å²) in [7, 11) is 0. The molecule has 1 saturated carbocycles. The van der Waals surface area contributed by atoms with E-state index in [-0.39, 0.29) is 23.9 Å². The second-order valence-electron chi connectivity index (χ2n) is 10.3. The number of rotatable bonds is 5. The van der Waals surface area contributed by atoms with Crippen molar-refractivity contribution in [3.8, 4) is 0 Å². The fraction of sp³-hybridized carbons (Fsp3) is 0.720. The molecule has 0 radical (unpaired) electrons. The van der Waals surface area contributed by atoms with E-state index in [0.29, 0.717) is 23.4 Å². The summed E-state index contributed by atoms with van der Waals surface area (Å²) in [6.45, 7) is 12.7. The van der Waals surface area contributed by atoms with Gasteiger partial charge in [-0.05, 0) is 43.1 Å². The van der Waals surface area contributed by atoms with Crippen LogP contribution in [0.5, 0.6) is 0 Å². The molecule has 0 spiro atoms. The molecule has 1 unspecified atom stereocenters. The molecule has 182 valence electrons. The van der Waals surface area contributed by atoms with Gasteiger partial charge in [-0.1, -0.05) is 31.5 Å². The minimum atomic E-state index is -0.819. The highest BCUT2D eigenvalue weighted by Crippen LogP contribution is 2.51. The zero-order valence-corrected chi connectivity index (χ0v) is 21.0. The molecule has 0 bridgehead atoms. The highest BCUT2D eigenvalue weighted by molar-refractivity contribution is 6.29. The van der Waals surface area contributed by atoms with E-state index < -0.39 is 5.60 Å². The summed E-state index contributed by atoms with van der Waals surface area (Å²) in [6, 6.07) is 0. The van der Waals surface area contributed by atoms with E-state index in [4.69, 9.17) is 16.3 Å². The first-order valence-corrected chi connectivity index (χ1v) is 12.6. The van der Waals surface area contributed by atoms with Crippen LogP contribution in [0.15, 0.2) is 24.0 Å². The number of halogens is 1. The van der Waals surface area contributed by atoms with Crippen molar-refractivity contribution < 1.29 is 14.6 Å². The van der Waals surface area contributed by atoms with E-state index in [1.807, 2.05) is 6.92 Å². The van der Waals surface area contributed by atoms with E-state index in [1.165, 1.54) is 6.92 Å². The van der Waals surface area contributed by atoms with Crippen LogP contribution >= 0.6 is 11.6 Å². The van der Waals surface area contributed by atoms with Crippen molar-refractivity contribution >= 4 is 23.4 Å². The molecule has 0 amide bonds. The number of fused-ring (bicyclic) bond motifs is 1. The van der Waals surface area contributed by atoms with Crippen molar-refractivity contribution in [1.82, 2.24) is 14.9 Å². The van der Waals surface area contributed by atoms with Gasteiger partial charge in [0.05, 0.1) is 18.0 Å². The zero-order valence-electron chi connectivity index (χ0n) is 20.2. The first-order chi connectivity index (χ1) is 15.7. The van der Waals surface area contributed by atoms with Crippen LogP contribution in [-0.4, -0.2) is 70.4 Å². The third kappa shape index (κ3) is 5.20. The van der Waals surface area contributed by atoms with Crippen molar-refractivity contribution in [3.05, 3.63) is 29.2 Å². The zero-order chi connectivity index (χ0) is 23.8. The number of aliphatic hydroxyl groups is 1. The lowest BCUT2D eigenvalue weighted by Crippen LogP contribution is -2.56. The third-order valence-corrected chi connectivity index (χ3v) is 8.34. The van der Waals surface area contributed by atoms with Gasteiger partial charge in [-0.25, -0.2) is 4.98 Å². The Morgan fingerprint density at radius 3 is 2.70 bits per heavy atom. The quantitative estimate of drug-likeness (QED) is 0.514. The van der Waals surface area contributed by atoms with Gasteiger partial charge in [0.2, 0.25) is 0 Å². The number of ether oxygens (including phenoxy) is 1. The Morgan fingerprint density at radius 1 is 1.30 bits per heavy atom. The normalized spacial score (nSPS) is 33.8. The van der Waals surface area contributed by atoms with Gasteiger partial charge in [0.1, 0.15) is 17.1 Å². The first-order valence-electron chi connectivity index (χ1n) is 12.2. The summed E-state index contributed by atoms with van der Waals surface area (Å²) in [5.74, 6) is 1.72. The highest BCUT2D eigenvalue weighted by Gasteiger charge is 2.52. The molecule has 1 aliphatic heterocycles. The Kier molecular flexibility index (Phi) is 7.32. The second kappa shape index (κ2) is 9.88. The van der Waals surface area contributed by atoms with Crippen LogP contribution in [0.3, 0.4) is 0 Å². The molecule has 6 atom stereocenters. The van der Waals surface area contributed by atoms with Crippen LogP contribution in [0.1, 0.15) is 47.0 Å². The Hall–Kier alpha value is -1.70. The molecule has 2 fully saturated rings. The summed E-state index contributed by atoms with van der Waals surface area (Å²) in [5, 5.41) is 12.2. The van der Waals surface area contributed by atoms with Gasteiger partial charge in [-0.3, -0.25) is 14.7 Å². The van der Waals surface area contributed by atoms with Crippen LogP contribution in [0.4, 0.5) is 5.82 Å². The summed E-state index contributed by atoms with van der Waals surface area (Å²) < 4.78 is 5.54. The molecule has 1 aromatic heterocycles. The molecule has 2 heterocycles. The number of aromatic nitrogens is 2. The molecule has 1 saturated heterocycles. The number of anilines is 1. The second-order valence-corrected chi connectivity index (χ2v) is 10.7. The molecule has 2 aliphatic carbocycles. The fourth-order valence-corrected chi connectivity index (χ4v) is 6.33. The summed E-state index contributed by atoms with van der Waals surface area (Å²) in [5.41, 5.74) is 0.253. The lowest BCUT2D eigenvalue weighted by Gasteiger charge is -2.53. The minimum absolute atomic E-state index is 0.103. The molecule has 8 heteroatoms. The van der Waals surface area contributed by atoms with Crippen LogP contribution in [0.2, 0.25) is 5.15 Å². The van der Waals surface area contributed by atoms with Gasteiger partial charge in [0.25, 0.3) is 0 Å². The predicted molar refractivity (Wildman–Crippen MR) is 129 cm³/mol. The molecule has 0 aromatic carbocycles. The Balaban J connectivity index is 1.40. The van der Waals surface area contributed by atoms with Crippen molar-refractivity contribution in [3.63, 3.8) is 0 Å². The molecule has 1 N–H and O–H groups in total. The lowest BCUT2D eigenvalue weighted by atomic mass is 9.57. The molecule has 3 aliphatic rings. The fourth-order valence-electron chi connectivity index (χ4n) is 6.19. The van der Waals surface area contributed by atoms with Crippen molar-refractivity contribution in [2.75, 3.05) is 37.6 Å². The SMILES string of the molecule is CC(=O)O[C@@H]1C[C@@]2(O)[C@H](C)CC[C@@H](C(C)CN3CCN(c4cncc(Cl)n4)CC3)[C@H]2C=C1C. The number of carbonyl (C=O) groups excluding carboxylic acids is 1. The molecule has 4 rings (SSSR count). The summed E-state index contributed by atoms with van der Waals surface area (Å²) in [4.78, 5) is 24.9. The standard InChI is InChI=1S/C25H37ClN4O3/c1-16-11-21-20(6-5-18(3)25(21,32)12-22(16)33-19(4)31)17(2)15-29-7-9-30(10-8-29)24-14-27-13-23(26)28-24/h11,13-14,17-18,20-22,32H,5-10,12,15H2,1-4H3/t17?,18-,20+,21-,22-,25-/m1/s1. The van der Waals surface area contributed by atoms with Crippen LogP contribution in [0, 0.1) is 23.7 Å². The van der Waals surface area contributed by atoms with Crippen molar-refractivity contribution in [2.24, 2.45) is 23.7 Å². The topological polar surface area (TPSA) is 78.8 Å². The maximum atomic E-state index is 11.8. The molecular weight excluding hydrogens is 440 g/mol. The Labute approximate surface area is 202 Å². The Morgan fingerprint density at radius 2 is 2.03 bits per heavy atom. The number of nitrogens with zero attached hydrogens (tertiary/aromatic N) is 4. The van der Waals surface area contributed by atoms with Crippen LogP contribution < -0.4 is 4.90 Å². The number of hydrogen-bond acceptors (Lipinski definition) is 7. The largest absolute Gasteiger partial charge is 0.458 e. The number of carbonyl (C=O) groups is 1. The number of esters is 1. The van der Waals surface area contributed by atoms with Gasteiger partial charge in [0, 0.05) is 52.0 Å². The van der Waals surface area contributed by atoms with E-state index in [2.05, 4.69) is 39.7 Å². The van der Waals surface area contributed by atoms with Gasteiger partial charge in [-0.2, -0.15) is 0 Å². The van der Waals surface area contributed by atoms with E-state index in [0.717, 1.165) is 57.0 Å². The maximum Gasteiger partial charge on any atom is 0.303 e. The van der Waals surface area contributed by atoms with Crippen LogP contribution in [-0.2, 0) is 9.53 Å². The average Bonchev–Trinajstić information content (AvgIpc) is 2.76. The third-order valence-electron chi connectivity index (χ3n) is 8.16. The van der Waals surface area contributed by atoms with Gasteiger partial charge in [-0.15, -0.1) is 0 Å². The summed E-state index contributed by atoms with van der Waals surface area (Å²) in [6.07, 6.45) is 7.86. The molecular formula is C25H37ClN4O3. The van der Waals surface area contributed by atoms with Crippen LogP contribution in [0.25, 0.3) is 0 Å². The highest BCUT2D eigenvalue weighted by atomic mass is 35.5. The predicted octanol–water partition coefficient (Wildman–Crippen LogP) is 3.56. The number of piperazine rings is 1. The van der Waals surface area contributed by atoms with Crippen molar-refractivity contribution in [1.29, 1.82) is 0 Å². The molecule has 33 heavy (non-hydrogen) atoms. The van der Waals surface area contributed by atoms with E-state index in [9.17, 15) is 9.90 Å². The van der Waals surface area contributed by atoms with Gasteiger partial charge in [0.15, 0.2) is 0 Å². The van der Waals surface area contributed by atoms with E-state index >= 15 is 0 Å². The lowest BCUT2D eigenvalue weighted by molar-refractivity contribution is -0.159. The van der Waals surface area contributed by atoms with Gasteiger partial charge < -0.3 is 14.7 Å². The minimum Gasteiger partial charge on any atom is -0.458 e. The molecule has 1 aromatic rings. The number of hydrogen-bond donors (Lipinski definition) is 1. The maximum absolute atomic E-state index is 11.8. The first kappa shape index (κ1) is 24.4. The van der Waals surface area contributed by atoms with E-state index in [1.54, 1.807) is 12.4 Å². The van der Waals surface area contributed by atoms with Gasteiger partial charge >= 0.3 is 5.97 Å². The molecule has 7 nitrogen and oxygen atoms in total. The van der Waals surface area contributed by atoms with Crippen molar-refractivity contribution in [2.45, 2.75) is 58.7 Å². The monoisotopic (exact) mass is 476 g/mol. The Bertz CT molecular complexity index is 888.